The highest BCUT2D eigenvalue weighted by atomic mass is 14.4. The van der Waals surface area contributed by atoms with Gasteiger partial charge in [-0.15, -0.1) is 0 Å². The molecular formula is C9H10. The molecule has 0 aromatic carbocycles. The normalized spacial score (nSPS) is 43.6. The van der Waals surface area contributed by atoms with Gasteiger partial charge >= 0.3 is 0 Å². The summed E-state index contributed by atoms with van der Waals surface area (Å²) < 4.78 is 0. The van der Waals surface area contributed by atoms with E-state index >= 15 is 0 Å². The molecule has 0 aromatic rings. The average molecular weight is 118 g/mol. The lowest BCUT2D eigenvalue weighted by molar-refractivity contribution is 0.765. The van der Waals surface area contributed by atoms with E-state index in [-0.39, 0.29) is 0 Å². The van der Waals surface area contributed by atoms with Crippen LogP contribution in [0.5, 0.6) is 0 Å². The molecule has 0 radical (unpaired) electrons. The zero-order valence-corrected chi connectivity index (χ0v) is 5.43. The van der Waals surface area contributed by atoms with E-state index in [1.807, 2.05) is 0 Å². The first-order chi connectivity index (χ1) is 4.43. The van der Waals surface area contributed by atoms with Crippen LogP contribution in [0.25, 0.3) is 0 Å². The topological polar surface area (TPSA) is 0 Å². The predicted octanol–water partition coefficient (Wildman–Crippen LogP) is 2.28. The molecule has 3 rings (SSSR count). The first-order valence-corrected chi connectivity index (χ1v) is 3.84. The second-order valence-corrected chi connectivity index (χ2v) is 3.44. The minimum atomic E-state index is 0.855. The second-order valence-electron chi connectivity index (χ2n) is 3.44. The lowest BCUT2D eigenvalue weighted by atomic mass is 10.1. The highest BCUT2D eigenvalue weighted by molar-refractivity contribution is 5.43. The Kier molecular flexibility index (Phi) is 0.555. The molecule has 0 N–H and O–H groups in total. The summed E-state index contributed by atoms with van der Waals surface area (Å²) in [6, 6.07) is 0. The summed E-state index contributed by atoms with van der Waals surface area (Å²) in [5.41, 5.74) is 3.51. The molecule has 0 spiro atoms. The Morgan fingerprint density at radius 1 is 1.22 bits per heavy atom. The number of hydrogen-bond donors (Lipinski definition) is 0. The van der Waals surface area contributed by atoms with E-state index in [1.165, 1.54) is 19.3 Å². The number of rotatable bonds is 0. The molecule has 46 valence electrons. The van der Waals surface area contributed by atoms with Gasteiger partial charge in [0.15, 0.2) is 0 Å². The molecule has 0 heteroatoms. The minimum Gasteiger partial charge on any atom is -0.0778 e. The maximum atomic E-state index is 2.49. The Hall–Kier alpha value is -0.520. The lowest BCUT2D eigenvalue weighted by Crippen LogP contribution is -1.86. The van der Waals surface area contributed by atoms with Gasteiger partial charge in [-0.05, 0) is 25.2 Å². The Labute approximate surface area is 55.3 Å². The van der Waals surface area contributed by atoms with Crippen LogP contribution >= 0.6 is 0 Å². The summed E-state index contributed by atoms with van der Waals surface area (Å²) in [6.45, 7) is 0. The Morgan fingerprint density at radius 3 is 3.11 bits per heavy atom. The van der Waals surface area contributed by atoms with Crippen molar-refractivity contribution in [3.05, 3.63) is 23.3 Å². The van der Waals surface area contributed by atoms with E-state index in [2.05, 4.69) is 12.2 Å². The second kappa shape index (κ2) is 1.16. The van der Waals surface area contributed by atoms with Crippen molar-refractivity contribution >= 4 is 0 Å². The smallest absolute Gasteiger partial charge is 0.00451 e. The fraction of sp³-hybridized carbons (Fsp3) is 0.556. The first-order valence-electron chi connectivity index (χ1n) is 3.84. The van der Waals surface area contributed by atoms with Crippen molar-refractivity contribution < 1.29 is 0 Å². The van der Waals surface area contributed by atoms with Gasteiger partial charge in [0, 0.05) is 5.92 Å². The van der Waals surface area contributed by atoms with Crippen molar-refractivity contribution in [3.63, 3.8) is 0 Å². The monoisotopic (exact) mass is 118 g/mol. The third-order valence-electron chi connectivity index (χ3n) is 2.80. The summed E-state index contributed by atoms with van der Waals surface area (Å²) >= 11 is 0. The summed E-state index contributed by atoms with van der Waals surface area (Å²) in [5.74, 6) is 1.80. The van der Waals surface area contributed by atoms with Gasteiger partial charge in [0.2, 0.25) is 0 Å². The van der Waals surface area contributed by atoms with Crippen LogP contribution in [0.1, 0.15) is 19.3 Å². The highest BCUT2D eigenvalue weighted by Crippen LogP contribution is 2.53. The van der Waals surface area contributed by atoms with Gasteiger partial charge < -0.3 is 0 Å². The zero-order valence-electron chi connectivity index (χ0n) is 5.43. The molecule has 3 aliphatic carbocycles. The van der Waals surface area contributed by atoms with Gasteiger partial charge in [0.05, 0.1) is 0 Å². The fourth-order valence-electron chi connectivity index (χ4n) is 2.20. The number of fused-ring (bicyclic) bond motifs is 3. The summed E-state index contributed by atoms with van der Waals surface area (Å²) in [5, 5.41) is 0. The molecule has 2 atom stereocenters. The minimum absolute atomic E-state index is 0.855. The molecule has 1 saturated carbocycles. The Bertz CT molecular complexity index is 220. The molecule has 9 heavy (non-hydrogen) atoms. The molecule has 1 unspecified atom stereocenters. The molecule has 0 amide bonds. The molecule has 0 aliphatic heterocycles. The maximum absolute atomic E-state index is 2.49. The molecule has 0 aromatic heterocycles. The van der Waals surface area contributed by atoms with Crippen LogP contribution in [-0.4, -0.2) is 0 Å². The van der Waals surface area contributed by atoms with E-state index in [0.29, 0.717) is 0 Å². The van der Waals surface area contributed by atoms with Gasteiger partial charge in [-0.25, -0.2) is 0 Å². The quantitative estimate of drug-likeness (QED) is 0.428. The van der Waals surface area contributed by atoms with E-state index < -0.39 is 0 Å². The van der Waals surface area contributed by atoms with E-state index in [1.54, 1.807) is 11.1 Å². The van der Waals surface area contributed by atoms with Crippen molar-refractivity contribution in [3.8, 4) is 0 Å². The van der Waals surface area contributed by atoms with Gasteiger partial charge in [-0.1, -0.05) is 23.3 Å². The number of allylic oxidation sites excluding steroid dienone is 4. The van der Waals surface area contributed by atoms with E-state index in [9.17, 15) is 0 Å². The Morgan fingerprint density at radius 2 is 2.11 bits per heavy atom. The van der Waals surface area contributed by atoms with Gasteiger partial charge in [0.25, 0.3) is 0 Å². The maximum Gasteiger partial charge on any atom is 0.00451 e. The molecular weight excluding hydrogens is 108 g/mol. The van der Waals surface area contributed by atoms with Gasteiger partial charge in [-0.3, -0.25) is 0 Å². The first kappa shape index (κ1) is 4.32. The van der Waals surface area contributed by atoms with Crippen molar-refractivity contribution in [2.24, 2.45) is 11.8 Å². The lowest BCUT2D eigenvalue weighted by Gasteiger charge is -1.99. The molecule has 3 aliphatic rings. The zero-order chi connectivity index (χ0) is 5.84. The standard InChI is InChI=1S/C9H10/c1-2-7-3-6(1)4-8-5-9(7)8/h3-4,6,9H,1-2,5H2/t6-,9?/m0/s1. The molecule has 0 nitrogen and oxygen atoms in total. The third-order valence-corrected chi connectivity index (χ3v) is 2.80. The van der Waals surface area contributed by atoms with Gasteiger partial charge in [0.1, 0.15) is 0 Å². The van der Waals surface area contributed by atoms with Crippen molar-refractivity contribution in [1.29, 1.82) is 0 Å². The third kappa shape index (κ3) is 0.444. The van der Waals surface area contributed by atoms with Crippen LogP contribution < -0.4 is 0 Å². The SMILES string of the molecule is C1=C2CC[C@@H]1C=C1CC21. The highest BCUT2D eigenvalue weighted by Gasteiger charge is 2.39. The summed E-state index contributed by atoms with van der Waals surface area (Å²) in [7, 11) is 0. The van der Waals surface area contributed by atoms with Crippen LogP contribution in [0.2, 0.25) is 0 Å². The van der Waals surface area contributed by atoms with E-state index in [4.69, 9.17) is 0 Å². The fourth-order valence-corrected chi connectivity index (χ4v) is 2.20. The summed E-state index contributed by atoms with van der Waals surface area (Å²) in [6.07, 6.45) is 9.19. The summed E-state index contributed by atoms with van der Waals surface area (Å²) in [4.78, 5) is 0. The Balaban J connectivity index is 2.13. The van der Waals surface area contributed by atoms with Crippen LogP contribution in [0, 0.1) is 11.8 Å². The molecule has 0 heterocycles. The average Bonchev–Trinajstić information content (AvgIpc) is 2.50. The predicted molar refractivity (Wildman–Crippen MR) is 37.0 cm³/mol. The van der Waals surface area contributed by atoms with Crippen molar-refractivity contribution in [2.75, 3.05) is 0 Å². The molecule has 1 fully saturated rings. The van der Waals surface area contributed by atoms with Crippen LogP contribution in [-0.2, 0) is 0 Å². The molecule has 2 bridgehead atoms. The molecule has 0 saturated heterocycles. The largest absolute Gasteiger partial charge is 0.0778 e. The number of hydrogen-bond acceptors (Lipinski definition) is 0. The van der Waals surface area contributed by atoms with Crippen molar-refractivity contribution in [1.82, 2.24) is 0 Å². The van der Waals surface area contributed by atoms with Crippen LogP contribution in [0.15, 0.2) is 23.3 Å². The van der Waals surface area contributed by atoms with Crippen LogP contribution in [0.3, 0.4) is 0 Å². The van der Waals surface area contributed by atoms with Crippen LogP contribution in [0.4, 0.5) is 0 Å². The van der Waals surface area contributed by atoms with Gasteiger partial charge in [-0.2, -0.15) is 0 Å². The van der Waals surface area contributed by atoms with Crippen molar-refractivity contribution in [2.45, 2.75) is 19.3 Å². The van der Waals surface area contributed by atoms with E-state index in [0.717, 1.165) is 11.8 Å².